The zero-order valence-corrected chi connectivity index (χ0v) is 20.7. The van der Waals surface area contributed by atoms with Crippen LogP contribution in [0.25, 0.3) is 0 Å². The molecule has 134 valence electrons. The molecule has 0 radical (unpaired) electrons. The van der Waals surface area contributed by atoms with Gasteiger partial charge in [-0.05, 0) is 18.6 Å². The molecule has 0 aliphatic carbocycles. The maximum Gasteiger partial charge on any atom is 1.00 e. The van der Waals surface area contributed by atoms with Gasteiger partial charge in [-0.2, -0.15) is 0 Å². The van der Waals surface area contributed by atoms with Crippen molar-refractivity contribution in [3.63, 3.8) is 0 Å². The molecular formula is C17H28Na2O5S. The van der Waals surface area contributed by atoms with E-state index >= 15 is 0 Å². The van der Waals surface area contributed by atoms with Gasteiger partial charge >= 0.3 is 59.1 Å². The molecule has 0 aromatic heterocycles. The van der Waals surface area contributed by atoms with E-state index in [4.69, 9.17) is 22.3 Å². The molecule has 1 rings (SSSR count). The van der Waals surface area contributed by atoms with Crippen molar-refractivity contribution < 1.29 is 81.4 Å². The third-order valence-corrected chi connectivity index (χ3v) is 2.76. The second-order valence-corrected chi connectivity index (χ2v) is 5.51. The van der Waals surface area contributed by atoms with Crippen molar-refractivity contribution in [1.82, 2.24) is 0 Å². The first-order chi connectivity index (χ1) is 10.9. The van der Waals surface area contributed by atoms with Crippen molar-refractivity contribution in [3.8, 4) is 5.75 Å². The molecule has 0 unspecified atom stereocenters. The molecule has 1 aromatic rings. The molecule has 5 nitrogen and oxygen atoms in total. The van der Waals surface area contributed by atoms with Gasteiger partial charge in [-0.15, -0.1) is 13.2 Å². The molecular weight excluding hydrogens is 362 g/mol. The van der Waals surface area contributed by atoms with Gasteiger partial charge in [-0.25, -0.2) is 0 Å². The fraction of sp³-hybridized carbons (Fsp3) is 0.529. The molecule has 25 heavy (non-hydrogen) atoms. The minimum Gasteiger partial charge on any atom is -0.759 e. The van der Waals surface area contributed by atoms with Crippen LogP contribution in [0, 0.1) is 0 Å². The van der Waals surface area contributed by atoms with Crippen LogP contribution in [0.3, 0.4) is 0 Å². The van der Waals surface area contributed by atoms with E-state index in [1.807, 2.05) is 30.3 Å². The zero-order chi connectivity index (χ0) is 18.0. The van der Waals surface area contributed by atoms with Gasteiger partial charge in [0.1, 0.15) is 5.75 Å². The van der Waals surface area contributed by atoms with Crippen LogP contribution in [0.5, 0.6) is 5.75 Å². The number of unbranched alkanes of at least 4 members (excludes halogenated alkanes) is 6. The van der Waals surface area contributed by atoms with Crippen LogP contribution in [0.1, 0.15) is 51.9 Å². The molecule has 0 N–H and O–H groups in total. The summed E-state index contributed by atoms with van der Waals surface area (Å²) in [4.78, 5) is 0. The first-order valence-electron chi connectivity index (χ1n) is 7.78. The number of hydrogen-bond acceptors (Lipinski definition) is 5. The molecule has 1 aromatic carbocycles. The summed E-state index contributed by atoms with van der Waals surface area (Å²) in [5, 5.41) is 0. The van der Waals surface area contributed by atoms with Gasteiger partial charge in [0, 0.05) is 10.4 Å². The second-order valence-electron chi connectivity index (χ2n) is 4.69. The van der Waals surface area contributed by atoms with Crippen LogP contribution in [0.15, 0.2) is 43.5 Å². The maximum atomic E-state index is 8.52. The smallest absolute Gasteiger partial charge is 0.759 e. The third-order valence-electron chi connectivity index (χ3n) is 2.76. The SMILES string of the molecule is C=C.CCCCCCCCCOc1ccccc1.O=S(=O)([O-])[O-].[Na+].[Na+]. The number of para-hydroxylation sites is 1. The maximum absolute atomic E-state index is 8.52. The fourth-order valence-corrected chi connectivity index (χ4v) is 1.77. The minimum absolute atomic E-state index is 0. The third kappa shape index (κ3) is 36.3. The van der Waals surface area contributed by atoms with E-state index in [-0.39, 0.29) is 59.1 Å². The molecule has 0 spiro atoms. The first kappa shape index (κ1) is 33.2. The van der Waals surface area contributed by atoms with Gasteiger partial charge in [0.15, 0.2) is 0 Å². The predicted octanol–water partition coefficient (Wildman–Crippen LogP) is -1.71. The molecule has 8 heteroatoms. The van der Waals surface area contributed by atoms with Gasteiger partial charge < -0.3 is 13.8 Å². The normalized spacial score (nSPS) is 9.08. The Morgan fingerprint density at radius 3 is 1.72 bits per heavy atom. The molecule has 0 atom stereocenters. The summed E-state index contributed by atoms with van der Waals surface area (Å²) in [5.74, 6) is 0.994. The van der Waals surface area contributed by atoms with E-state index in [0.29, 0.717) is 0 Å². The summed E-state index contributed by atoms with van der Waals surface area (Å²) in [6, 6.07) is 10.1. The molecule has 0 aliphatic heterocycles. The van der Waals surface area contributed by atoms with Crippen LogP contribution >= 0.6 is 0 Å². The largest absolute Gasteiger partial charge is 1.00 e. The standard InChI is InChI=1S/C15H24O.C2H4.2Na.H2O4S/c1-2-3-4-5-6-7-11-14-16-15-12-9-8-10-13-15;1-2;;;1-5(2,3)4/h8-10,12-13H,2-7,11,14H2,1H3;1-2H2;;;(H2,1,2,3,4)/q;;2*+1;/p-2. The monoisotopic (exact) mass is 390 g/mol. The van der Waals surface area contributed by atoms with E-state index in [9.17, 15) is 0 Å². The van der Waals surface area contributed by atoms with Crippen LogP contribution in [0.4, 0.5) is 0 Å². The number of hydrogen-bond donors (Lipinski definition) is 0. The van der Waals surface area contributed by atoms with Crippen LogP contribution in [0.2, 0.25) is 0 Å². The van der Waals surface area contributed by atoms with Crippen LogP contribution in [-0.4, -0.2) is 24.1 Å². The predicted molar refractivity (Wildman–Crippen MR) is 91.7 cm³/mol. The summed E-state index contributed by atoms with van der Waals surface area (Å²) in [7, 11) is -5.17. The van der Waals surface area contributed by atoms with Crippen molar-refractivity contribution in [1.29, 1.82) is 0 Å². The topological polar surface area (TPSA) is 89.5 Å². The summed E-state index contributed by atoms with van der Waals surface area (Å²) in [6.07, 6.45) is 9.35. The van der Waals surface area contributed by atoms with Crippen molar-refractivity contribution in [2.24, 2.45) is 0 Å². The Hall–Kier alpha value is 0.630. The minimum atomic E-state index is -5.17. The van der Waals surface area contributed by atoms with Gasteiger partial charge in [0.2, 0.25) is 0 Å². The average Bonchev–Trinajstić information content (AvgIpc) is 2.51. The Morgan fingerprint density at radius 1 is 0.880 bits per heavy atom. The zero-order valence-electron chi connectivity index (χ0n) is 15.9. The molecule has 0 amide bonds. The molecule has 0 bridgehead atoms. The summed E-state index contributed by atoms with van der Waals surface area (Å²) < 4.78 is 39.7. The van der Waals surface area contributed by atoms with E-state index in [0.717, 1.165) is 12.4 Å². The fourth-order valence-electron chi connectivity index (χ4n) is 1.77. The number of ether oxygens (including phenoxy) is 1. The Balaban J connectivity index is -0.000000212. The quantitative estimate of drug-likeness (QED) is 0.165. The molecule has 0 saturated heterocycles. The van der Waals surface area contributed by atoms with Crippen molar-refractivity contribution >= 4 is 10.4 Å². The van der Waals surface area contributed by atoms with Gasteiger partial charge in [0.05, 0.1) is 6.61 Å². The number of benzene rings is 1. The van der Waals surface area contributed by atoms with E-state index in [1.54, 1.807) is 0 Å². The van der Waals surface area contributed by atoms with E-state index in [2.05, 4.69) is 20.1 Å². The number of rotatable bonds is 9. The van der Waals surface area contributed by atoms with Gasteiger partial charge in [0.25, 0.3) is 0 Å². The van der Waals surface area contributed by atoms with Crippen LogP contribution in [-0.2, 0) is 10.4 Å². The van der Waals surface area contributed by atoms with Crippen LogP contribution < -0.4 is 63.9 Å². The van der Waals surface area contributed by atoms with Crippen molar-refractivity contribution in [2.75, 3.05) is 6.61 Å². The van der Waals surface area contributed by atoms with Crippen molar-refractivity contribution in [2.45, 2.75) is 51.9 Å². The van der Waals surface area contributed by atoms with Gasteiger partial charge in [-0.3, -0.25) is 8.42 Å². The Bertz CT molecular complexity index is 447. The van der Waals surface area contributed by atoms with E-state index in [1.165, 1.54) is 44.9 Å². The molecule has 0 fully saturated rings. The Morgan fingerprint density at radius 2 is 1.28 bits per heavy atom. The summed E-state index contributed by atoms with van der Waals surface area (Å²) >= 11 is 0. The summed E-state index contributed by atoms with van der Waals surface area (Å²) in [5.41, 5.74) is 0. The second kappa shape index (κ2) is 24.6. The average molecular weight is 390 g/mol. The van der Waals surface area contributed by atoms with Gasteiger partial charge in [-0.1, -0.05) is 63.6 Å². The summed E-state index contributed by atoms with van der Waals surface area (Å²) in [6.45, 7) is 9.12. The molecule has 0 heterocycles. The Labute approximate surface area is 197 Å². The Kier molecular flexibility index (Phi) is 32.7. The van der Waals surface area contributed by atoms with E-state index < -0.39 is 10.4 Å². The molecule has 0 saturated carbocycles. The molecule has 0 aliphatic rings. The first-order valence-corrected chi connectivity index (χ1v) is 9.11. The van der Waals surface area contributed by atoms with Crippen molar-refractivity contribution in [3.05, 3.63) is 43.5 Å².